The zero-order valence-corrected chi connectivity index (χ0v) is 15.3. The van der Waals surface area contributed by atoms with E-state index in [1.807, 2.05) is 13.8 Å². The van der Waals surface area contributed by atoms with Crippen molar-refractivity contribution in [1.82, 2.24) is 0 Å². The Bertz CT molecular complexity index is 692. The molecule has 0 aliphatic heterocycles. The van der Waals surface area contributed by atoms with Gasteiger partial charge in [-0.15, -0.1) is 0 Å². The molecule has 0 saturated carbocycles. The summed E-state index contributed by atoms with van der Waals surface area (Å²) < 4.78 is 0. The number of aryl methyl sites for hydroxylation is 6. The van der Waals surface area contributed by atoms with Gasteiger partial charge in [0.25, 0.3) is 0 Å². The van der Waals surface area contributed by atoms with Gasteiger partial charge in [0, 0.05) is 12.0 Å². The third-order valence-electron chi connectivity index (χ3n) is 4.63. The van der Waals surface area contributed by atoms with Crippen molar-refractivity contribution in [3.05, 3.63) is 68.8 Å². The number of carbonyl (C=O) groups excluding carboxylic acids is 1. The summed E-state index contributed by atoms with van der Waals surface area (Å²) in [6, 6.07) is 8.68. The summed E-state index contributed by atoms with van der Waals surface area (Å²) in [5.74, 6) is 0.280. The van der Waals surface area contributed by atoms with Gasteiger partial charge in [-0.3, -0.25) is 4.79 Å². The highest BCUT2D eigenvalue weighted by Crippen LogP contribution is 2.22. The number of ketones is 1. The van der Waals surface area contributed by atoms with E-state index in [-0.39, 0.29) is 5.78 Å². The van der Waals surface area contributed by atoms with Crippen LogP contribution in [0.25, 0.3) is 0 Å². The number of rotatable bonds is 5. The zero-order valence-electron chi connectivity index (χ0n) is 15.3. The molecule has 1 heteroatoms. The number of hydrogen-bond acceptors (Lipinski definition) is 1. The molecule has 0 unspecified atom stereocenters. The maximum atomic E-state index is 12.6. The molecular formula is C22H28O. The lowest BCUT2D eigenvalue weighted by molar-refractivity contribution is 0.0979. The molecule has 0 aliphatic rings. The standard InChI is InChI=1S/C22H28O/c1-14-10-16(3)20(17(4)11-14)8-7-9-21(23)22-18(5)12-15(2)13-19(22)6/h10-13H,7-9H2,1-6H3. The van der Waals surface area contributed by atoms with Gasteiger partial charge in [-0.1, -0.05) is 35.4 Å². The van der Waals surface area contributed by atoms with Gasteiger partial charge in [-0.05, 0) is 82.2 Å². The second-order valence-electron chi connectivity index (χ2n) is 6.93. The molecule has 2 aromatic carbocycles. The van der Waals surface area contributed by atoms with Crippen LogP contribution in [0.3, 0.4) is 0 Å². The Morgan fingerprint density at radius 1 is 0.739 bits per heavy atom. The van der Waals surface area contributed by atoms with Gasteiger partial charge in [-0.25, -0.2) is 0 Å². The lowest BCUT2D eigenvalue weighted by atomic mass is 9.92. The van der Waals surface area contributed by atoms with Crippen molar-refractivity contribution in [2.75, 3.05) is 0 Å². The first-order chi connectivity index (χ1) is 10.8. The Balaban J connectivity index is 2.07. The Hall–Kier alpha value is -1.89. The minimum absolute atomic E-state index is 0.280. The van der Waals surface area contributed by atoms with E-state index in [9.17, 15) is 4.79 Å². The Morgan fingerprint density at radius 3 is 1.65 bits per heavy atom. The molecule has 0 aromatic heterocycles. The molecule has 23 heavy (non-hydrogen) atoms. The molecule has 1 nitrogen and oxygen atoms in total. The minimum Gasteiger partial charge on any atom is -0.294 e. The van der Waals surface area contributed by atoms with Crippen LogP contribution >= 0.6 is 0 Å². The summed E-state index contributed by atoms with van der Waals surface area (Å²) in [6.07, 6.45) is 2.52. The molecule has 0 heterocycles. The van der Waals surface area contributed by atoms with Crippen molar-refractivity contribution < 1.29 is 4.79 Å². The van der Waals surface area contributed by atoms with Gasteiger partial charge >= 0.3 is 0 Å². The first-order valence-electron chi connectivity index (χ1n) is 8.47. The van der Waals surface area contributed by atoms with E-state index in [2.05, 4.69) is 52.0 Å². The van der Waals surface area contributed by atoms with Crippen LogP contribution in [0.1, 0.15) is 62.1 Å². The molecule has 2 rings (SSSR count). The average Bonchev–Trinajstić information content (AvgIpc) is 2.40. The van der Waals surface area contributed by atoms with Crippen LogP contribution in [-0.2, 0) is 6.42 Å². The van der Waals surface area contributed by atoms with E-state index < -0.39 is 0 Å². The first kappa shape index (κ1) is 17.5. The largest absolute Gasteiger partial charge is 0.294 e. The SMILES string of the molecule is Cc1cc(C)c(CCCC(=O)c2c(C)cc(C)cc2C)c(C)c1. The number of hydrogen-bond donors (Lipinski definition) is 0. The molecule has 0 atom stereocenters. The number of benzene rings is 2. The van der Waals surface area contributed by atoms with Crippen LogP contribution in [0.15, 0.2) is 24.3 Å². The second-order valence-corrected chi connectivity index (χ2v) is 6.93. The van der Waals surface area contributed by atoms with Crippen LogP contribution in [-0.4, -0.2) is 5.78 Å². The zero-order chi connectivity index (χ0) is 17.1. The van der Waals surface area contributed by atoms with Crippen LogP contribution in [0.4, 0.5) is 0 Å². The van der Waals surface area contributed by atoms with Crippen LogP contribution < -0.4 is 0 Å². The highest BCUT2D eigenvalue weighted by molar-refractivity contribution is 5.98. The van der Waals surface area contributed by atoms with E-state index in [1.54, 1.807) is 0 Å². The molecule has 0 N–H and O–H groups in total. The highest BCUT2D eigenvalue weighted by atomic mass is 16.1. The van der Waals surface area contributed by atoms with Crippen LogP contribution in [0.5, 0.6) is 0 Å². The summed E-state index contributed by atoms with van der Waals surface area (Å²) in [6.45, 7) is 12.6. The molecule has 0 spiro atoms. The smallest absolute Gasteiger partial charge is 0.163 e. The van der Waals surface area contributed by atoms with Crippen molar-refractivity contribution in [1.29, 1.82) is 0 Å². The van der Waals surface area contributed by atoms with Gasteiger partial charge < -0.3 is 0 Å². The lowest BCUT2D eigenvalue weighted by Crippen LogP contribution is -2.06. The molecular weight excluding hydrogens is 280 g/mol. The van der Waals surface area contributed by atoms with Gasteiger partial charge in [0.2, 0.25) is 0 Å². The van der Waals surface area contributed by atoms with Crippen LogP contribution in [0, 0.1) is 41.5 Å². The van der Waals surface area contributed by atoms with E-state index in [0.717, 1.165) is 29.5 Å². The minimum atomic E-state index is 0.280. The second kappa shape index (κ2) is 7.12. The molecule has 122 valence electrons. The predicted octanol–water partition coefficient (Wildman–Crippen LogP) is 5.74. The molecule has 0 bridgehead atoms. The predicted molar refractivity (Wildman–Crippen MR) is 98.6 cm³/mol. The fourth-order valence-electron chi connectivity index (χ4n) is 3.77. The topological polar surface area (TPSA) is 17.1 Å². The summed E-state index contributed by atoms with van der Waals surface area (Å²) >= 11 is 0. The highest BCUT2D eigenvalue weighted by Gasteiger charge is 2.13. The van der Waals surface area contributed by atoms with Crippen molar-refractivity contribution in [3.8, 4) is 0 Å². The third kappa shape index (κ3) is 4.10. The molecule has 0 fully saturated rings. The maximum Gasteiger partial charge on any atom is 0.163 e. The fourth-order valence-corrected chi connectivity index (χ4v) is 3.77. The van der Waals surface area contributed by atoms with Gasteiger partial charge in [-0.2, -0.15) is 0 Å². The van der Waals surface area contributed by atoms with Crippen molar-refractivity contribution in [3.63, 3.8) is 0 Å². The summed E-state index contributed by atoms with van der Waals surface area (Å²) in [5.41, 5.74) is 9.77. The average molecular weight is 308 g/mol. The summed E-state index contributed by atoms with van der Waals surface area (Å²) in [5, 5.41) is 0. The molecule has 2 aromatic rings. The molecule has 0 saturated heterocycles. The van der Waals surface area contributed by atoms with E-state index in [0.29, 0.717) is 6.42 Å². The first-order valence-corrected chi connectivity index (χ1v) is 8.47. The third-order valence-corrected chi connectivity index (χ3v) is 4.63. The molecule has 0 radical (unpaired) electrons. The van der Waals surface area contributed by atoms with Crippen molar-refractivity contribution in [2.24, 2.45) is 0 Å². The molecule has 0 aliphatic carbocycles. The quantitative estimate of drug-likeness (QED) is 0.643. The summed E-state index contributed by atoms with van der Waals surface area (Å²) in [4.78, 5) is 12.6. The fraction of sp³-hybridized carbons (Fsp3) is 0.409. The molecule has 0 amide bonds. The Morgan fingerprint density at radius 2 is 1.17 bits per heavy atom. The normalized spacial score (nSPS) is 10.9. The van der Waals surface area contributed by atoms with Gasteiger partial charge in [0.1, 0.15) is 0 Å². The van der Waals surface area contributed by atoms with Crippen molar-refractivity contribution >= 4 is 5.78 Å². The summed E-state index contributed by atoms with van der Waals surface area (Å²) in [7, 11) is 0. The van der Waals surface area contributed by atoms with Gasteiger partial charge in [0.05, 0.1) is 0 Å². The van der Waals surface area contributed by atoms with E-state index in [1.165, 1.54) is 27.8 Å². The number of carbonyl (C=O) groups is 1. The maximum absolute atomic E-state index is 12.6. The monoisotopic (exact) mass is 308 g/mol. The van der Waals surface area contributed by atoms with E-state index in [4.69, 9.17) is 0 Å². The Kier molecular flexibility index (Phi) is 5.41. The lowest BCUT2D eigenvalue weighted by Gasteiger charge is -2.13. The number of Topliss-reactive ketones (excluding diaryl/α,β-unsaturated/α-hetero) is 1. The van der Waals surface area contributed by atoms with Crippen molar-refractivity contribution in [2.45, 2.75) is 60.8 Å². The Labute approximate surface area is 140 Å². The van der Waals surface area contributed by atoms with Crippen LogP contribution in [0.2, 0.25) is 0 Å². The van der Waals surface area contributed by atoms with Gasteiger partial charge in [0.15, 0.2) is 5.78 Å². The van der Waals surface area contributed by atoms with E-state index >= 15 is 0 Å².